The van der Waals surface area contributed by atoms with Gasteiger partial charge >= 0.3 is 0 Å². The number of rotatable bonds is 4. The number of H-pyrrole nitrogens is 1. The zero-order valence-electron chi connectivity index (χ0n) is 18.9. The summed E-state index contributed by atoms with van der Waals surface area (Å²) in [7, 11) is 3.43. The Balaban J connectivity index is 0.00000117. The number of carbonyl (C=O) groups is 1. The monoisotopic (exact) mass is 402 g/mol. The van der Waals surface area contributed by atoms with Crippen LogP contribution < -0.4 is 5.32 Å². The number of methoxy groups -OCH3 is 1. The molecule has 0 saturated carbocycles. The smallest absolute Gasteiger partial charge is 0.248 e. The van der Waals surface area contributed by atoms with Crippen LogP contribution in [0.4, 0.5) is 0 Å². The molecule has 3 aliphatic rings. The van der Waals surface area contributed by atoms with Crippen molar-refractivity contribution in [1.29, 1.82) is 0 Å². The molecular weight excluding hydrogens is 364 g/mol. The van der Waals surface area contributed by atoms with Crippen molar-refractivity contribution < 1.29 is 9.53 Å². The molecule has 1 aromatic rings. The predicted octanol–water partition coefficient (Wildman–Crippen LogP) is 3.19. The SMILES string of the molecule is CC.COCC(=O)N(C)C1C=CC2C[C@](C)(c3n[nH]c4c3CCC(C)C4)NC2C1. The van der Waals surface area contributed by atoms with E-state index in [2.05, 4.69) is 36.4 Å². The van der Waals surface area contributed by atoms with Gasteiger partial charge in [0.1, 0.15) is 6.61 Å². The molecule has 1 aromatic heterocycles. The summed E-state index contributed by atoms with van der Waals surface area (Å²) in [4.78, 5) is 14.0. The first kappa shape index (κ1) is 22.0. The number of fused-ring (bicyclic) bond motifs is 2. The molecule has 1 amide bonds. The van der Waals surface area contributed by atoms with E-state index >= 15 is 0 Å². The van der Waals surface area contributed by atoms with E-state index < -0.39 is 0 Å². The van der Waals surface area contributed by atoms with Gasteiger partial charge in [-0.2, -0.15) is 5.10 Å². The second-order valence-corrected chi connectivity index (χ2v) is 8.95. The van der Waals surface area contributed by atoms with Gasteiger partial charge in [-0.25, -0.2) is 0 Å². The summed E-state index contributed by atoms with van der Waals surface area (Å²) >= 11 is 0. The lowest BCUT2D eigenvalue weighted by Gasteiger charge is -2.33. The molecule has 0 bridgehead atoms. The maximum absolute atomic E-state index is 12.2. The average Bonchev–Trinajstić information content (AvgIpc) is 3.29. The highest BCUT2D eigenvalue weighted by molar-refractivity contribution is 5.77. The molecule has 5 atom stereocenters. The van der Waals surface area contributed by atoms with Crippen molar-refractivity contribution in [3.05, 3.63) is 29.1 Å². The maximum atomic E-state index is 12.2. The first-order valence-electron chi connectivity index (χ1n) is 11.2. The van der Waals surface area contributed by atoms with E-state index in [0.29, 0.717) is 12.0 Å². The number of aromatic nitrogens is 2. The highest BCUT2D eigenvalue weighted by Gasteiger charge is 2.46. The van der Waals surface area contributed by atoms with E-state index in [1.807, 2.05) is 25.8 Å². The van der Waals surface area contributed by atoms with Crippen LogP contribution in [0.1, 0.15) is 63.9 Å². The molecule has 4 unspecified atom stereocenters. The van der Waals surface area contributed by atoms with Crippen molar-refractivity contribution >= 4 is 5.91 Å². The number of nitrogens with zero attached hydrogens (tertiary/aromatic N) is 2. The molecule has 162 valence electrons. The summed E-state index contributed by atoms with van der Waals surface area (Å²) in [5, 5.41) is 12.0. The minimum Gasteiger partial charge on any atom is -0.375 e. The molecule has 1 saturated heterocycles. The van der Waals surface area contributed by atoms with E-state index in [9.17, 15) is 4.79 Å². The van der Waals surface area contributed by atoms with Crippen LogP contribution in [0, 0.1) is 11.8 Å². The van der Waals surface area contributed by atoms with Crippen LogP contribution in [-0.4, -0.2) is 53.9 Å². The Morgan fingerprint density at radius 1 is 1.38 bits per heavy atom. The largest absolute Gasteiger partial charge is 0.375 e. The van der Waals surface area contributed by atoms with Gasteiger partial charge in [0.2, 0.25) is 5.91 Å². The number of amides is 1. The van der Waals surface area contributed by atoms with Gasteiger partial charge in [-0.05, 0) is 56.4 Å². The van der Waals surface area contributed by atoms with Gasteiger partial charge in [-0.3, -0.25) is 9.89 Å². The summed E-state index contributed by atoms with van der Waals surface area (Å²) in [6.07, 6.45) is 9.98. The lowest BCUT2D eigenvalue weighted by molar-refractivity contribution is -0.135. The van der Waals surface area contributed by atoms with Crippen molar-refractivity contribution in [2.75, 3.05) is 20.8 Å². The predicted molar refractivity (Wildman–Crippen MR) is 116 cm³/mol. The van der Waals surface area contributed by atoms with Gasteiger partial charge in [0.25, 0.3) is 0 Å². The van der Waals surface area contributed by atoms with E-state index in [4.69, 9.17) is 9.84 Å². The number of ether oxygens (including phenoxy) is 1. The quantitative estimate of drug-likeness (QED) is 0.759. The Labute approximate surface area is 175 Å². The Morgan fingerprint density at radius 2 is 2.14 bits per heavy atom. The summed E-state index contributed by atoms with van der Waals surface area (Å²) < 4.78 is 5.00. The molecule has 1 aliphatic heterocycles. The lowest BCUT2D eigenvalue weighted by atomic mass is 9.81. The Kier molecular flexibility index (Phi) is 6.84. The molecule has 1 fully saturated rings. The molecule has 29 heavy (non-hydrogen) atoms. The van der Waals surface area contributed by atoms with E-state index in [1.54, 1.807) is 7.11 Å². The van der Waals surface area contributed by atoms with Gasteiger partial charge in [0.15, 0.2) is 0 Å². The third kappa shape index (κ3) is 4.29. The van der Waals surface area contributed by atoms with Crippen molar-refractivity contribution in [3.63, 3.8) is 0 Å². The number of hydrogen-bond donors (Lipinski definition) is 2. The maximum Gasteiger partial charge on any atom is 0.248 e. The van der Waals surface area contributed by atoms with Crippen LogP contribution in [0.2, 0.25) is 0 Å². The minimum atomic E-state index is -0.103. The van der Waals surface area contributed by atoms with E-state index in [1.165, 1.54) is 23.4 Å². The van der Waals surface area contributed by atoms with Crippen LogP contribution in [0.3, 0.4) is 0 Å². The molecule has 0 aromatic carbocycles. The van der Waals surface area contributed by atoms with Crippen LogP contribution in [0.15, 0.2) is 12.2 Å². The third-order valence-electron chi connectivity index (χ3n) is 6.81. The lowest BCUT2D eigenvalue weighted by Crippen LogP contribution is -2.46. The fourth-order valence-corrected chi connectivity index (χ4v) is 5.23. The minimum absolute atomic E-state index is 0.0295. The van der Waals surface area contributed by atoms with E-state index in [-0.39, 0.29) is 24.1 Å². The molecule has 2 aliphatic carbocycles. The summed E-state index contributed by atoms with van der Waals surface area (Å²) in [5.41, 5.74) is 3.89. The zero-order chi connectivity index (χ0) is 21.2. The first-order chi connectivity index (χ1) is 13.9. The fraction of sp³-hybridized carbons (Fsp3) is 0.739. The fourth-order valence-electron chi connectivity index (χ4n) is 5.23. The van der Waals surface area contributed by atoms with Crippen molar-refractivity contribution in [3.8, 4) is 0 Å². The average molecular weight is 403 g/mol. The number of hydrogen-bond acceptors (Lipinski definition) is 4. The van der Waals surface area contributed by atoms with Crippen molar-refractivity contribution in [2.45, 2.75) is 77.4 Å². The molecular formula is C23H38N4O2. The number of aromatic amines is 1. The standard InChI is InChI=1S/C21H32N4O2.C2H6/c1-13-5-8-16-18(9-13)23-24-20(16)21(2)11-14-6-7-15(10-17(14)22-21)25(3)19(26)12-27-4;1-2/h6-7,13-15,17,22H,5,8-12H2,1-4H3,(H,23,24);1-2H3/t13?,14?,15?,17?,21-;/m1./s1. The normalized spacial score (nSPS) is 32.8. The summed E-state index contributed by atoms with van der Waals surface area (Å²) in [6, 6.07) is 0.496. The van der Waals surface area contributed by atoms with Gasteiger partial charge in [0.05, 0.1) is 17.3 Å². The first-order valence-corrected chi connectivity index (χ1v) is 11.2. The van der Waals surface area contributed by atoms with Crippen molar-refractivity contribution in [1.82, 2.24) is 20.4 Å². The molecule has 6 heteroatoms. The zero-order valence-corrected chi connectivity index (χ0v) is 18.9. The molecule has 0 radical (unpaired) electrons. The molecule has 6 nitrogen and oxygen atoms in total. The Hall–Kier alpha value is -1.66. The van der Waals surface area contributed by atoms with Crippen LogP contribution in [-0.2, 0) is 27.9 Å². The Morgan fingerprint density at radius 3 is 2.86 bits per heavy atom. The third-order valence-corrected chi connectivity index (χ3v) is 6.81. The van der Waals surface area contributed by atoms with E-state index in [0.717, 1.165) is 31.6 Å². The number of nitrogens with one attached hydrogen (secondary N) is 2. The highest BCUT2D eigenvalue weighted by atomic mass is 16.5. The van der Waals surface area contributed by atoms with Crippen LogP contribution in [0.5, 0.6) is 0 Å². The van der Waals surface area contributed by atoms with Gasteiger partial charge < -0.3 is 15.0 Å². The topological polar surface area (TPSA) is 70.2 Å². The molecule has 0 spiro atoms. The number of likely N-dealkylation sites (N-methyl/N-ethyl adjacent to an activating group) is 1. The molecule has 2 N–H and O–H groups in total. The summed E-state index contributed by atoms with van der Waals surface area (Å²) in [5.74, 6) is 1.26. The van der Waals surface area contributed by atoms with Gasteiger partial charge in [-0.15, -0.1) is 0 Å². The summed E-state index contributed by atoms with van der Waals surface area (Å²) in [6.45, 7) is 8.75. The molecule has 2 heterocycles. The van der Waals surface area contributed by atoms with Gasteiger partial charge in [0, 0.05) is 25.9 Å². The second-order valence-electron chi connectivity index (χ2n) is 8.95. The molecule has 4 rings (SSSR count). The highest BCUT2D eigenvalue weighted by Crippen LogP contribution is 2.43. The van der Waals surface area contributed by atoms with Crippen LogP contribution in [0.25, 0.3) is 0 Å². The number of carbonyl (C=O) groups excluding carboxylic acids is 1. The van der Waals surface area contributed by atoms with Crippen molar-refractivity contribution in [2.24, 2.45) is 11.8 Å². The second kappa shape index (κ2) is 9.00. The Bertz CT molecular complexity index is 743. The van der Waals surface area contributed by atoms with Gasteiger partial charge in [-0.1, -0.05) is 32.9 Å². The van der Waals surface area contributed by atoms with Crippen LogP contribution >= 0.6 is 0 Å².